The number of benzene rings is 1. The van der Waals surface area contributed by atoms with E-state index in [4.69, 9.17) is 9.47 Å². The third kappa shape index (κ3) is 3.85. The Bertz CT molecular complexity index is 1390. The maximum absolute atomic E-state index is 15.2. The lowest BCUT2D eigenvalue weighted by molar-refractivity contribution is -0.131. The first-order valence-electron chi connectivity index (χ1n) is 11.5. The van der Waals surface area contributed by atoms with Crippen LogP contribution in [0.4, 0.5) is 19.1 Å². The number of anilines is 1. The molecule has 4 aromatic rings. The molecule has 9 nitrogen and oxygen atoms in total. The van der Waals surface area contributed by atoms with E-state index in [1.54, 1.807) is 18.2 Å². The number of nitrogens with one attached hydrogen (secondary N) is 1. The van der Waals surface area contributed by atoms with Gasteiger partial charge < -0.3 is 14.8 Å². The van der Waals surface area contributed by atoms with Gasteiger partial charge in [-0.25, -0.2) is 22.4 Å². The van der Waals surface area contributed by atoms with Crippen LogP contribution in [0.1, 0.15) is 25.7 Å². The predicted octanol–water partition coefficient (Wildman–Crippen LogP) is 3.92. The molecule has 1 aliphatic heterocycles. The van der Waals surface area contributed by atoms with Crippen LogP contribution in [0.2, 0.25) is 0 Å². The predicted molar refractivity (Wildman–Crippen MR) is 121 cm³/mol. The minimum absolute atomic E-state index is 0.209. The first kappa shape index (κ1) is 22.1. The number of nitrogens with zero attached hydrogens (tertiary/aromatic N) is 6. The molecule has 184 valence electrons. The van der Waals surface area contributed by atoms with Gasteiger partial charge in [-0.1, -0.05) is 11.3 Å². The molecule has 0 radical (unpaired) electrons. The second kappa shape index (κ2) is 8.36. The minimum atomic E-state index is -2.59. The summed E-state index contributed by atoms with van der Waals surface area (Å²) in [4.78, 5) is 4.51. The third-order valence-electron chi connectivity index (χ3n) is 7.06. The van der Waals surface area contributed by atoms with E-state index < -0.39 is 18.8 Å². The van der Waals surface area contributed by atoms with Crippen molar-refractivity contribution in [3.8, 4) is 17.0 Å². The van der Waals surface area contributed by atoms with Crippen LogP contribution in [0.25, 0.3) is 27.7 Å². The Balaban J connectivity index is 1.34. The topological polar surface area (TPSA) is 91.4 Å². The Morgan fingerprint density at radius 1 is 1.26 bits per heavy atom. The molecule has 3 aromatic heterocycles. The molecule has 1 N–H and O–H groups in total. The van der Waals surface area contributed by atoms with Crippen LogP contribution in [0.3, 0.4) is 0 Å². The Kier molecular flexibility index (Phi) is 5.28. The van der Waals surface area contributed by atoms with E-state index in [2.05, 4.69) is 25.7 Å². The third-order valence-corrected chi connectivity index (χ3v) is 7.06. The van der Waals surface area contributed by atoms with E-state index in [9.17, 15) is 8.78 Å². The number of rotatable bonds is 6. The highest BCUT2D eigenvalue weighted by Gasteiger charge is 2.41. The average molecular weight is 487 g/mol. The van der Waals surface area contributed by atoms with Crippen LogP contribution in [0.15, 0.2) is 24.4 Å². The van der Waals surface area contributed by atoms with Crippen LogP contribution in [-0.2, 0) is 11.3 Å². The normalized spacial score (nSPS) is 18.0. The summed E-state index contributed by atoms with van der Waals surface area (Å²) in [6, 6.07) is 5.09. The van der Waals surface area contributed by atoms with Crippen molar-refractivity contribution in [3.05, 3.63) is 30.2 Å². The Morgan fingerprint density at radius 3 is 2.74 bits per heavy atom. The molecule has 0 bridgehead atoms. The van der Waals surface area contributed by atoms with Gasteiger partial charge in [0, 0.05) is 11.5 Å². The summed E-state index contributed by atoms with van der Waals surface area (Å²) in [7, 11) is 1.46. The average Bonchev–Trinajstić information content (AvgIpc) is 3.37. The first-order chi connectivity index (χ1) is 16.9. The zero-order chi connectivity index (χ0) is 24.2. The lowest BCUT2D eigenvalue weighted by Gasteiger charge is -2.46. The number of alkyl halides is 2. The van der Waals surface area contributed by atoms with E-state index in [-0.39, 0.29) is 17.5 Å². The van der Waals surface area contributed by atoms with Gasteiger partial charge in [-0.05, 0) is 43.4 Å². The molecule has 35 heavy (non-hydrogen) atoms. The summed E-state index contributed by atoms with van der Waals surface area (Å²) in [5.41, 5.74) is 2.17. The van der Waals surface area contributed by atoms with Crippen molar-refractivity contribution >= 4 is 22.5 Å². The van der Waals surface area contributed by atoms with Gasteiger partial charge in [0.1, 0.15) is 17.6 Å². The molecule has 1 saturated carbocycles. The van der Waals surface area contributed by atoms with Crippen LogP contribution in [0, 0.1) is 11.2 Å². The molecule has 1 aromatic carbocycles. The van der Waals surface area contributed by atoms with Crippen molar-refractivity contribution < 1.29 is 22.6 Å². The summed E-state index contributed by atoms with van der Waals surface area (Å²) in [6.07, 6.45) is 2.82. The Labute approximate surface area is 198 Å². The summed E-state index contributed by atoms with van der Waals surface area (Å²) in [5.74, 6) is 0.0309. The van der Waals surface area contributed by atoms with Gasteiger partial charge >= 0.3 is 0 Å². The van der Waals surface area contributed by atoms with Gasteiger partial charge in [-0.15, -0.1) is 10.2 Å². The van der Waals surface area contributed by atoms with Crippen molar-refractivity contribution in [2.45, 2.75) is 44.7 Å². The highest BCUT2D eigenvalue weighted by molar-refractivity contribution is 5.89. The molecular formula is C23H24F3N7O2. The van der Waals surface area contributed by atoms with E-state index in [1.807, 2.05) is 0 Å². The first-order valence-corrected chi connectivity index (χ1v) is 11.5. The number of halogens is 3. The smallest absolute Gasteiger partial charge is 0.258 e. The van der Waals surface area contributed by atoms with E-state index >= 15 is 4.39 Å². The number of ether oxygens (including phenoxy) is 2. The number of methoxy groups -OCH3 is 1. The fraction of sp³-hybridized carbons (Fsp3) is 0.478. The second-order valence-corrected chi connectivity index (χ2v) is 9.37. The lowest BCUT2D eigenvalue weighted by atomic mass is 9.71. The quantitative estimate of drug-likeness (QED) is 0.441. The van der Waals surface area contributed by atoms with Gasteiger partial charge in [0.2, 0.25) is 11.8 Å². The van der Waals surface area contributed by atoms with Crippen LogP contribution >= 0.6 is 0 Å². The van der Waals surface area contributed by atoms with Crippen LogP contribution < -0.4 is 10.1 Å². The van der Waals surface area contributed by atoms with Crippen molar-refractivity contribution in [1.82, 2.24) is 29.6 Å². The maximum atomic E-state index is 15.2. The molecular weight excluding hydrogens is 463 g/mol. The molecule has 6 rings (SSSR count). The molecule has 0 unspecified atom stereocenters. The van der Waals surface area contributed by atoms with E-state index in [0.717, 1.165) is 43.6 Å². The van der Waals surface area contributed by atoms with Gasteiger partial charge in [0.15, 0.2) is 5.82 Å². The van der Waals surface area contributed by atoms with Crippen LogP contribution in [0.5, 0.6) is 5.88 Å². The number of aromatic nitrogens is 6. The molecule has 1 aliphatic carbocycles. The van der Waals surface area contributed by atoms with Gasteiger partial charge in [-0.2, -0.15) is 4.98 Å². The van der Waals surface area contributed by atoms with Crippen molar-refractivity contribution in [2.75, 3.05) is 25.6 Å². The molecule has 1 spiro atoms. The second-order valence-electron chi connectivity index (χ2n) is 9.37. The van der Waals surface area contributed by atoms with Gasteiger partial charge in [-0.3, -0.25) is 0 Å². The zero-order valence-electron chi connectivity index (χ0n) is 19.0. The summed E-state index contributed by atoms with van der Waals surface area (Å²) in [5, 5.41) is 15.6. The molecule has 0 amide bonds. The molecule has 2 fully saturated rings. The van der Waals surface area contributed by atoms with Crippen molar-refractivity contribution in [2.24, 2.45) is 5.41 Å². The highest BCUT2D eigenvalue weighted by Crippen LogP contribution is 2.43. The summed E-state index contributed by atoms with van der Waals surface area (Å²) < 4.78 is 54.5. The zero-order valence-corrected chi connectivity index (χ0v) is 19.0. The number of hydrogen-bond acceptors (Lipinski definition) is 7. The molecule has 12 heteroatoms. The maximum Gasteiger partial charge on any atom is 0.258 e. The van der Waals surface area contributed by atoms with Gasteiger partial charge in [0.05, 0.1) is 37.6 Å². The standard InChI is InChI=1S/C23H24F3N7O2/c1-34-21-20-19(13-2-3-16-17(8-13)32(31-29-16)10-18(25)26)15(24)9-33(20)30-22(28-21)27-14-4-6-23(7-5-14)11-35-12-23/h2-3,8-9,14,18H,4-7,10-12H2,1H3,(H,27,30). The monoisotopic (exact) mass is 487 g/mol. The largest absolute Gasteiger partial charge is 0.479 e. The Morgan fingerprint density at radius 2 is 2.06 bits per heavy atom. The molecule has 1 saturated heterocycles. The lowest BCUT2D eigenvalue weighted by Crippen LogP contribution is -2.47. The fourth-order valence-corrected chi connectivity index (χ4v) is 5.12. The summed E-state index contributed by atoms with van der Waals surface area (Å²) in [6.45, 7) is 1.08. The van der Waals surface area contributed by atoms with E-state index in [0.29, 0.717) is 33.5 Å². The summed E-state index contributed by atoms with van der Waals surface area (Å²) >= 11 is 0. The number of fused-ring (bicyclic) bond motifs is 2. The van der Waals surface area contributed by atoms with Crippen LogP contribution in [-0.4, -0.2) is 62.4 Å². The molecule has 0 atom stereocenters. The van der Waals surface area contributed by atoms with Gasteiger partial charge in [0.25, 0.3) is 6.43 Å². The van der Waals surface area contributed by atoms with Crippen molar-refractivity contribution in [3.63, 3.8) is 0 Å². The number of hydrogen-bond donors (Lipinski definition) is 1. The fourth-order valence-electron chi connectivity index (χ4n) is 5.12. The SMILES string of the molecule is COc1nc(NC2CCC3(CC2)COC3)nn2cc(F)c(-c3ccc4nnn(CC(F)F)c4c3)c12. The molecule has 2 aliphatic rings. The minimum Gasteiger partial charge on any atom is -0.479 e. The van der Waals surface area contributed by atoms with E-state index in [1.165, 1.54) is 17.8 Å². The molecule has 4 heterocycles. The highest BCUT2D eigenvalue weighted by atomic mass is 19.3. The van der Waals surface area contributed by atoms with Crippen molar-refractivity contribution in [1.29, 1.82) is 0 Å². The Hall–Kier alpha value is -3.41.